The molecule has 0 radical (unpaired) electrons. The number of aromatic carboxylic acids is 1. The first-order chi connectivity index (χ1) is 9.73. The Balaban J connectivity index is 3.32. The van der Waals surface area contributed by atoms with Crippen LogP contribution in [0.2, 0.25) is 0 Å². The molecule has 0 fully saturated rings. The number of carboxylic acids is 1. The third-order valence-electron chi connectivity index (χ3n) is 3.13. The smallest absolute Gasteiger partial charge is 0.335 e. The van der Waals surface area contributed by atoms with Gasteiger partial charge in [0.05, 0.1) is 22.4 Å². The van der Waals surface area contributed by atoms with Crippen LogP contribution in [0.4, 0.5) is 0 Å². The van der Waals surface area contributed by atoms with Crippen molar-refractivity contribution in [1.82, 2.24) is 4.31 Å². The summed E-state index contributed by atoms with van der Waals surface area (Å²) in [6.07, 6.45) is 0.468. The lowest BCUT2D eigenvalue weighted by Crippen LogP contribution is -2.31. The van der Waals surface area contributed by atoms with Crippen LogP contribution in [0, 0.1) is 17.2 Å². The molecule has 0 aliphatic rings. The number of sulfonamides is 1. The van der Waals surface area contributed by atoms with Crippen LogP contribution >= 0.6 is 0 Å². The maximum absolute atomic E-state index is 12.6. The van der Waals surface area contributed by atoms with Crippen molar-refractivity contribution in [2.45, 2.75) is 25.2 Å². The van der Waals surface area contributed by atoms with Crippen molar-refractivity contribution in [1.29, 1.82) is 5.26 Å². The molecule has 1 aromatic carbocycles. The van der Waals surface area contributed by atoms with Crippen molar-refractivity contribution >= 4 is 16.0 Å². The average molecular weight is 310 g/mol. The molecule has 1 N–H and O–H groups in total. The van der Waals surface area contributed by atoms with Gasteiger partial charge in [0.15, 0.2) is 0 Å². The van der Waals surface area contributed by atoms with Gasteiger partial charge in [-0.15, -0.1) is 0 Å². The predicted molar refractivity (Wildman–Crippen MR) is 77.4 cm³/mol. The van der Waals surface area contributed by atoms with Gasteiger partial charge in [-0.25, -0.2) is 13.2 Å². The van der Waals surface area contributed by atoms with Gasteiger partial charge in [-0.05, 0) is 31.0 Å². The van der Waals surface area contributed by atoms with E-state index in [-0.39, 0.29) is 17.0 Å². The number of carbonyl (C=O) groups is 1. The molecule has 0 bridgehead atoms. The number of nitrogens with zero attached hydrogens (tertiary/aromatic N) is 2. The zero-order chi connectivity index (χ0) is 16.2. The minimum absolute atomic E-state index is 0.0162. The van der Waals surface area contributed by atoms with E-state index in [1.165, 1.54) is 25.2 Å². The number of hydrogen-bond donors (Lipinski definition) is 1. The second kappa shape index (κ2) is 6.70. The Morgan fingerprint density at radius 1 is 1.48 bits per heavy atom. The van der Waals surface area contributed by atoms with Crippen LogP contribution in [-0.2, 0) is 16.4 Å². The van der Waals surface area contributed by atoms with E-state index in [1.807, 2.05) is 6.07 Å². The maximum Gasteiger partial charge on any atom is 0.335 e. The van der Waals surface area contributed by atoms with Gasteiger partial charge in [-0.2, -0.15) is 9.57 Å². The van der Waals surface area contributed by atoms with Crippen LogP contribution < -0.4 is 0 Å². The Morgan fingerprint density at radius 3 is 2.57 bits per heavy atom. The molecule has 0 spiro atoms. The number of aryl methyl sites for hydroxylation is 1. The molecular weight excluding hydrogens is 292 g/mol. The van der Waals surface area contributed by atoms with E-state index in [0.717, 1.165) is 4.31 Å². The summed E-state index contributed by atoms with van der Waals surface area (Å²) in [6, 6.07) is 6.05. The molecule has 1 aromatic rings. The summed E-state index contributed by atoms with van der Waals surface area (Å²) in [4.78, 5) is 11.0. The van der Waals surface area contributed by atoms with E-state index in [2.05, 4.69) is 0 Å². The average Bonchev–Trinajstić information content (AvgIpc) is 2.45. The molecule has 0 amide bonds. The van der Waals surface area contributed by atoms with Crippen LogP contribution in [-0.4, -0.2) is 37.4 Å². The minimum Gasteiger partial charge on any atom is -0.478 e. The summed E-state index contributed by atoms with van der Waals surface area (Å²) >= 11 is 0. The van der Waals surface area contributed by atoms with Crippen molar-refractivity contribution < 1.29 is 18.3 Å². The lowest BCUT2D eigenvalue weighted by molar-refractivity contribution is 0.0696. The first-order valence-electron chi connectivity index (χ1n) is 6.46. The third kappa shape index (κ3) is 3.80. The third-order valence-corrected chi connectivity index (χ3v) is 5.04. The maximum atomic E-state index is 12.6. The SMILES string of the molecule is CCc1ccc(C(=O)O)cc1S(=O)(=O)N(C)CC(C)C#N. The minimum atomic E-state index is -3.82. The highest BCUT2D eigenvalue weighted by Gasteiger charge is 2.25. The van der Waals surface area contributed by atoms with Crippen LogP contribution in [0.3, 0.4) is 0 Å². The molecular formula is C14H18N2O4S. The first-order valence-corrected chi connectivity index (χ1v) is 7.90. The number of nitriles is 1. The predicted octanol–water partition coefficient (Wildman–Crippen LogP) is 1.73. The Morgan fingerprint density at radius 2 is 2.10 bits per heavy atom. The summed E-state index contributed by atoms with van der Waals surface area (Å²) in [5, 5.41) is 17.8. The fourth-order valence-electron chi connectivity index (χ4n) is 1.91. The van der Waals surface area contributed by atoms with Gasteiger partial charge < -0.3 is 5.11 Å². The van der Waals surface area contributed by atoms with E-state index >= 15 is 0 Å². The standard InChI is InChI=1S/C14H18N2O4S/c1-4-11-5-6-12(14(17)18)7-13(11)21(19,20)16(3)9-10(2)8-15/h5-7,10H,4,9H2,1-3H3,(H,17,18). The van der Waals surface area contributed by atoms with E-state index in [0.29, 0.717) is 12.0 Å². The summed E-state index contributed by atoms with van der Waals surface area (Å²) in [6.45, 7) is 3.48. The van der Waals surface area contributed by atoms with Gasteiger partial charge in [0.2, 0.25) is 10.0 Å². The molecule has 6 nitrogen and oxygen atoms in total. The summed E-state index contributed by atoms with van der Waals surface area (Å²) in [7, 11) is -2.44. The number of benzene rings is 1. The van der Waals surface area contributed by atoms with Crippen LogP contribution in [0.5, 0.6) is 0 Å². The van der Waals surface area contributed by atoms with Crippen molar-refractivity contribution in [3.05, 3.63) is 29.3 Å². The van der Waals surface area contributed by atoms with Crippen molar-refractivity contribution in [2.75, 3.05) is 13.6 Å². The van der Waals surface area contributed by atoms with Gasteiger partial charge in [-0.3, -0.25) is 0 Å². The normalized spacial score (nSPS) is 12.9. The highest BCUT2D eigenvalue weighted by atomic mass is 32.2. The molecule has 0 saturated heterocycles. The number of hydrogen-bond acceptors (Lipinski definition) is 4. The van der Waals surface area contributed by atoms with Gasteiger partial charge >= 0.3 is 5.97 Å². The summed E-state index contributed by atoms with van der Waals surface area (Å²) < 4.78 is 26.2. The van der Waals surface area contributed by atoms with E-state index in [4.69, 9.17) is 10.4 Å². The summed E-state index contributed by atoms with van der Waals surface area (Å²) in [5.74, 6) is -1.63. The quantitative estimate of drug-likeness (QED) is 0.862. The van der Waals surface area contributed by atoms with Crippen LogP contribution in [0.15, 0.2) is 23.1 Å². The lowest BCUT2D eigenvalue weighted by atomic mass is 10.1. The molecule has 114 valence electrons. The topological polar surface area (TPSA) is 98.5 Å². The lowest BCUT2D eigenvalue weighted by Gasteiger charge is -2.20. The van der Waals surface area contributed by atoms with Crippen LogP contribution in [0.25, 0.3) is 0 Å². The molecule has 1 atom stereocenters. The molecule has 0 heterocycles. The van der Waals surface area contributed by atoms with Gasteiger partial charge in [0.25, 0.3) is 0 Å². The molecule has 1 unspecified atom stereocenters. The van der Waals surface area contributed by atoms with Crippen LogP contribution in [0.1, 0.15) is 29.8 Å². The molecule has 0 aliphatic heterocycles. The molecule has 7 heteroatoms. The largest absolute Gasteiger partial charge is 0.478 e. The molecule has 21 heavy (non-hydrogen) atoms. The second-order valence-corrected chi connectivity index (χ2v) is 6.81. The van der Waals surface area contributed by atoms with Crippen molar-refractivity contribution in [3.8, 4) is 6.07 Å². The number of rotatable bonds is 6. The van der Waals surface area contributed by atoms with Gasteiger partial charge in [0.1, 0.15) is 0 Å². The Hall–Kier alpha value is -1.91. The zero-order valence-electron chi connectivity index (χ0n) is 12.2. The number of carboxylic acid groups (broad SMARTS) is 1. The van der Waals surface area contributed by atoms with Gasteiger partial charge in [-0.1, -0.05) is 13.0 Å². The fourth-order valence-corrected chi connectivity index (χ4v) is 3.49. The molecule has 0 aliphatic carbocycles. The molecule has 0 aromatic heterocycles. The Kier molecular flexibility index (Phi) is 5.47. The van der Waals surface area contributed by atoms with Crippen molar-refractivity contribution in [3.63, 3.8) is 0 Å². The highest BCUT2D eigenvalue weighted by Crippen LogP contribution is 2.22. The Labute approximate surface area is 124 Å². The highest BCUT2D eigenvalue weighted by molar-refractivity contribution is 7.89. The van der Waals surface area contributed by atoms with Crippen molar-refractivity contribution in [2.24, 2.45) is 5.92 Å². The van der Waals surface area contributed by atoms with Gasteiger partial charge in [0, 0.05) is 13.6 Å². The molecule has 1 rings (SSSR count). The van der Waals surface area contributed by atoms with E-state index < -0.39 is 21.9 Å². The first kappa shape index (κ1) is 17.1. The van der Waals surface area contributed by atoms with E-state index in [1.54, 1.807) is 13.8 Å². The fraction of sp³-hybridized carbons (Fsp3) is 0.429. The summed E-state index contributed by atoms with van der Waals surface area (Å²) in [5.41, 5.74) is 0.476. The van der Waals surface area contributed by atoms with E-state index in [9.17, 15) is 13.2 Å². The monoisotopic (exact) mass is 310 g/mol. The molecule has 0 saturated carbocycles. The zero-order valence-corrected chi connectivity index (χ0v) is 13.0. The Bertz CT molecular complexity index is 677. The second-order valence-electron chi connectivity index (χ2n) is 4.80.